The van der Waals surface area contributed by atoms with Crippen LogP contribution in [0.1, 0.15) is 0 Å². The molecule has 53 heavy (non-hydrogen) atoms. The van der Waals surface area contributed by atoms with Crippen LogP contribution in [-0.4, -0.2) is 9.97 Å². The minimum Gasteiger partial charge on any atom is -0.228 e. The topological polar surface area (TPSA) is 25.8 Å². The quantitative estimate of drug-likeness (QED) is 0.173. The molecule has 0 aliphatic rings. The summed E-state index contributed by atoms with van der Waals surface area (Å²) in [6.45, 7) is 0. The second kappa shape index (κ2) is 13.1. The monoisotopic (exact) mass is 692 g/mol. The lowest BCUT2D eigenvalue weighted by Gasteiger charge is -2.14. The van der Waals surface area contributed by atoms with Crippen LogP contribution >= 0.6 is 11.3 Å². The van der Waals surface area contributed by atoms with Gasteiger partial charge in [0.25, 0.3) is 0 Å². The van der Waals surface area contributed by atoms with Gasteiger partial charge >= 0.3 is 0 Å². The average Bonchev–Trinajstić information content (AvgIpc) is 3.63. The van der Waals surface area contributed by atoms with Crippen LogP contribution in [0.5, 0.6) is 0 Å². The predicted molar refractivity (Wildman–Crippen MR) is 225 cm³/mol. The lowest BCUT2D eigenvalue weighted by molar-refractivity contribution is 1.19. The Kier molecular flexibility index (Phi) is 7.71. The molecule has 0 spiro atoms. The van der Waals surface area contributed by atoms with Crippen LogP contribution < -0.4 is 0 Å². The van der Waals surface area contributed by atoms with Crippen molar-refractivity contribution in [2.24, 2.45) is 0 Å². The average molecular weight is 693 g/mol. The molecule has 0 aliphatic carbocycles. The van der Waals surface area contributed by atoms with Gasteiger partial charge in [-0.2, -0.15) is 0 Å². The lowest BCUT2D eigenvalue weighted by atomic mass is 9.93. The first-order valence-electron chi connectivity index (χ1n) is 17.9. The summed E-state index contributed by atoms with van der Waals surface area (Å²) >= 11 is 1.86. The third-order valence-corrected chi connectivity index (χ3v) is 11.3. The fourth-order valence-corrected chi connectivity index (χ4v) is 8.69. The molecular formula is C50H32N2S. The maximum absolute atomic E-state index is 5.37. The van der Waals surface area contributed by atoms with Crippen molar-refractivity contribution in [2.45, 2.75) is 0 Å². The standard InChI is InChI=1S/C50H32N2S/c1-3-13-33(14-4-1)35-25-27-37(28-26-35)46-32-47(52-50(51-46)45-23-11-18-36-17-7-8-19-41(36)45)40-30-38(34-15-5-2-6-16-34)29-39(31-40)42-21-12-22-44-43-20-9-10-24-48(43)53-49(42)44/h1-32H. The maximum atomic E-state index is 5.37. The van der Waals surface area contributed by atoms with Crippen LogP contribution in [0.25, 0.3) is 98.2 Å². The number of aromatic nitrogens is 2. The molecule has 0 fully saturated rings. The van der Waals surface area contributed by atoms with Crippen molar-refractivity contribution < 1.29 is 0 Å². The number of hydrogen-bond donors (Lipinski definition) is 0. The molecule has 0 radical (unpaired) electrons. The highest BCUT2D eigenvalue weighted by molar-refractivity contribution is 7.26. The van der Waals surface area contributed by atoms with E-state index in [4.69, 9.17) is 9.97 Å². The molecule has 0 aliphatic heterocycles. The van der Waals surface area contributed by atoms with Gasteiger partial charge in [0.15, 0.2) is 5.82 Å². The molecule has 2 nitrogen and oxygen atoms in total. The second-order valence-electron chi connectivity index (χ2n) is 13.4. The normalized spacial score (nSPS) is 11.4. The van der Waals surface area contributed by atoms with E-state index in [1.807, 2.05) is 11.3 Å². The second-order valence-corrected chi connectivity index (χ2v) is 14.4. The van der Waals surface area contributed by atoms with E-state index in [1.165, 1.54) is 42.4 Å². The number of fused-ring (bicyclic) bond motifs is 4. The first-order valence-corrected chi connectivity index (χ1v) is 18.7. The zero-order valence-electron chi connectivity index (χ0n) is 28.8. The van der Waals surface area contributed by atoms with Crippen molar-refractivity contribution in [1.82, 2.24) is 9.97 Å². The van der Waals surface area contributed by atoms with Gasteiger partial charge in [-0.15, -0.1) is 11.3 Å². The predicted octanol–water partition coefficient (Wildman–Crippen LogP) is 14.0. The highest BCUT2D eigenvalue weighted by Crippen LogP contribution is 2.42. The van der Waals surface area contributed by atoms with Gasteiger partial charge in [0.2, 0.25) is 0 Å². The van der Waals surface area contributed by atoms with E-state index in [2.05, 4.69) is 194 Å². The van der Waals surface area contributed by atoms with Crippen LogP contribution in [0.3, 0.4) is 0 Å². The minimum absolute atomic E-state index is 0.708. The van der Waals surface area contributed by atoms with Gasteiger partial charge in [-0.3, -0.25) is 0 Å². The molecule has 2 aromatic heterocycles. The van der Waals surface area contributed by atoms with E-state index in [0.717, 1.165) is 50.0 Å². The highest BCUT2D eigenvalue weighted by Gasteiger charge is 2.17. The summed E-state index contributed by atoms with van der Waals surface area (Å²) in [6.07, 6.45) is 0. The van der Waals surface area contributed by atoms with Crippen LogP contribution in [0, 0.1) is 0 Å². The van der Waals surface area contributed by atoms with E-state index in [9.17, 15) is 0 Å². The van der Waals surface area contributed by atoms with Gasteiger partial charge in [-0.25, -0.2) is 9.97 Å². The molecule has 0 bridgehead atoms. The summed E-state index contributed by atoms with van der Waals surface area (Å²) in [6, 6.07) is 69.2. The lowest BCUT2D eigenvalue weighted by Crippen LogP contribution is -1.97. The van der Waals surface area contributed by atoms with E-state index >= 15 is 0 Å². The van der Waals surface area contributed by atoms with E-state index in [0.29, 0.717) is 5.82 Å². The Bertz CT molecular complexity index is 2920. The Morgan fingerprint density at radius 3 is 1.64 bits per heavy atom. The van der Waals surface area contributed by atoms with Crippen LogP contribution in [0.2, 0.25) is 0 Å². The number of nitrogens with zero attached hydrogens (tertiary/aromatic N) is 2. The Balaban J connectivity index is 1.20. The molecule has 0 saturated heterocycles. The van der Waals surface area contributed by atoms with Gasteiger partial charge in [-0.1, -0.05) is 164 Å². The van der Waals surface area contributed by atoms with Crippen molar-refractivity contribution >= 4 is 42.3 Å². The summed E-state index contributed by atoms with van der Waals surface area (Å²) in [5, 5.41) is 4.88. The minimum atomic E-state index is 0.708. The van der Waals surface area contributed by atoms with Gasteiger partial charge in [0.1, 0.15) is 0 Å². The van der Waals surface area contributed by atoms with Gasteiger partial charge in [0.05, 0.1) is 11.4 Å². The smallest absolute Gasteiger partial charge is 0.161 e. The van der Waals surface area contributed by atoms with Gasteiger partial charge in [0, 0.05) is 36.9 Å². The zero-order chi connectivity index (χ0) is 35.1. The highest BCUT2D eigenvalue weighted by atomic mass is 32.1. The molecule has 248 valence electrons. The molecule has 10 rings (SSSR count). The van der Waals surface area contributed by atoms with Crippen molar-refractivity contribution in [3.8, 4) is 67.3 Å². The van der Waals surface area contributed by atoms with E-state index < -0.39 is 0 Å². The number of benzene rings is 8. The molecule has 8 aromatic carbocycles. The maximum Gasteiger partial charge on any atom is 0.161 e. The Hall–Kier alpha value is -6.68. The molecule has 0 atom stereocenters. The van der Waals surface area contributed by atoms with Crippen molar-refractivity contribution in [3.05, 3.63) is 194 Å². The van der Waals surface area contributed by atoms with Crippen molar-refractivity contribution in [2.75, 3.05) is 0 Å². The number of rotatable bonds is 6. The molecule has 0 N–H and O–H groups in total. The third-order valence-electron chi connectivity index (χ3n) is 10.1. The summed E-state index contributed by atoms with van der Waals surface area (Å²) in [5.41, 5.74) is 11.9. The van der Waals surface area contributed by atoms with Crippen LogP contribution in [0.4, 0.5) is 0 Å². The molecule has 0 saturated carbocycles. The summed E-state index contributed by atoms with van der Waals surface area (Å²) in [5.74, 6) is 0.708. The van der Waals surface area contributed by atoms with Crippen molar-refractivity contribution in [3.63, 3.8) is 0 Å². The molecule has 3 heteroatoms. The Morgan fingerprint density at radius 2 is 0.849 bits per heavy atom. The molecule has 0 amide bonds. The van der Waals surface area contributed by atoms with Crippen LogP contribution in [-0.2, 0) is 0 Å². The third kappa shape index (κ3) is 5.78. The van der Waals surface area contributed by atoms with Crippen molar-refractivity contribution in [1.29, 1.82) is 0 Å². The molecule has 2 heterocycles. The Labute approximate surface area is 312 Å². The van der Waals surface area contributed by atoms with E-state index in [-0.39, 0.29) is 0 Å². The van der Waals surface area contributed by atoms with Crippen LogP contribution in [0.15, 0.2) is 194 Å². The fraction of sp³-hybridized carbons (Fsp3) is 0. The largest absolute Gasteiger partial charge is 0.228 e. The van der Waals surface area contributed by atoms with E-state index in [1.54, 1.807) is 0 Å². The fourth-order valence-electron chi connectivity index (χ4n) is 7.45. The molecular weight excluding hydrogens is 661 g/mol. The molecule has 0 unspecified atom stereocenters. The SMILES string of the molecule is c1ccc(-c2ccc(-c3cc(-c4cc(-c5ccccc5)cc(-c5cccc6c5sc5ccccc56)c4)nc(-c4cccc5ccccc45)n3)cc2)cc1. The van der Waals surface area contributed by atoms with Gasteiger partial charge in [-0.05, 0) is 74.5 Å². The van der Waals surface area contributed by atoms with Gasteiger partial charge < -0.3 is 0 Å². The summed E-state index contributed by atoms with van der Waals surface area (Å²) < 4.78 is 2.59. The summed E-state index contributed by atoms with van der Waals surface area (Å²) in [7, 11) is 0. The first-order chi connectivity index (χ1) is 26.2. The number of thiophene rings is 1. The summed E-state index contributed by atoms with van der Waals surface area (Å²) in [4.78, 5) is 10.6. The molecule has 10 aromatic rings. The number of hydrogen-bond acceptors (Lipinski definition) is 3. The first kappa shape index (κ1) is 31.1. The zero-order valence-corrected chi connectivity index (χ0v) is 29.6. The Morgan fingerprint density at radius 1 is 0.321 bits per heavy atom.